The molecule has 6 rings (SSSR count). The van der Waals surface area contributed by atoms with Gasteiger partial charge in [-0.25, -0.2) is 14.7 Å². The van der Waals surface area contributed by atoms with Gasteiger partial charge in [0, 0.05) is 25.2 Å². The van der Waals surface area contributed by atoms with E-state index in [4.69, 9.17) is 41.0 Å². The fraction of sp³-hybridized carbons (Fsp3) is 1.00. The number of hydrogen-bond donors (Lipinski definition) is 8. The standard InChI is InChI=1S/C34H64N10O7/c45-49-20-23-2-1-3-30(17-23)42-40-28-8-4-26(5-9-28)35-32-37-33(39-34(38-32)44-12-14-48-15-13-44)36-27-6-10-29(11-7-27)41-43-31-18-24(21-50-46)16-25(19-31)22-51-47/h23-39,45-47H,1-22H2. The van der Waals surface area contributed by atoms with Crippen molar-refractivity contribution in [2.75, 3.05) is 46.1 Å². The summed E-state index contributed by atoms with van der Waals surface area (Å²) < 4.78 is 5.65. The molecule has 51 heavy (non-hydrogen) atoms. The molecule has 7 unspecified atom stereocenters. The van der Waals surface area contributed by atoms with Gasteiger partial charge in [-0.3, -0.25) is 47.3 Å². The van der Waals surface area contributed by atoms with E-state index < -0.39 is 0 Å². The zero-order valence-corrected chi connectivity index (χ0v) is 30.2. The molecule has 2 heterocycles. The van der Waals surface area contributed by atoms with Crippen LogP contribution < -0.4 is 26.6 Å². The van der Waals surface area contributed by atoms with Crippen molar-refractivity contribution in [1.29, 1.82) is 0 Å². The SMILES string of the molecule is OOCC1CCCC(N=NC2CCC(NC3NC(NC4CCC(N=NC5CC(COO)CC(COO)C5)CC4)NC(N4CCOCC4)N3)CC2)C1. The Bertz CT molecular complexity index is 1030. The minimum atomic E-state index is -0.0564. The first-order valence-electron chi connectivity index (χ1n) is 19.8. The maximum Gasteiger partial charge on any atom is 0.119 e. The monoisotopic (exact) mass is 724 g/mol. The van der Waals surface area contributed by atoms with Crippen LogP contribution >= 0.6 is 0 Å². The summed E-state index contributed by atoms with van der Waals surface area (Å²) in [6.45, 7) is 4.18. The predicted molar refractivity (Wildman–Crippen MR) is 187 cm³/mol. The van der Waals surface area contributed by atoms with Gasteiger partial charge in [-0.05, 0) is 108 Å². The highest BCUT2D eigenvalue weighted by Gasteiger charge is 2.35. The average molecular weight is 725 g/mol. The van der Waals surface area contributed by atoms with Crippen molar-refractivity contribution < 1.29 is 35.2 Å². The first-order valence-corrected chi connectivity index (χ1v) is 19.8. The van der Waals surface area contributed by atoms with E-state index in [1.807, 2.05) is 0 Å². The number of nitrogens with one attached hydrogen (secondary N) is 5. The molecule has 7 atom stereocenters. The third-order valence-corrected chi connectivity index (χ3v) is 11.9. The molecule has 17 heteroatoms. The molecule has 2 saturated heterocycles. The molecule has 0 bridgehead atoms. The zero-order chi connectivity index (χ0) is 35.3. The van der Waals surface area contributed by atoms with Crippen LogP contribution in [0.4, 0.5) is 0 Å². The Balaban J connectivity index is 0.952. The quantitative estimate of drug-likeness (QED) is 0.0692. The number of rotatable bonds is 15. The van der Waals surface area contributed by atoms with E-state index >= 15 is 0 Å². The molecule has 0 aromatic rings. The molecule has 0 amide bonds. The fourth-order valence-electron chi connectivity index (χ4n) is 9.16. The van der Waals surface area contributed by atoms with E-state index in [2.05, 4.69) is 46.1 Å². The smallest absolute Gasteiger partial charge is 0.119 e. The second kappa shape index (κ2) is 21.0. The lowest BCUT2D eigenvalue weighted by molar-refractivity contribution is -0.263. The van der Waals surface area contributed by atoms with Crippen molar-refractivity contribution in [3.63, 3.8) is 0 Å². The Morgan fingerprint density at radius 3 is 1.59 bits per heavy atom. The highest BCUT2D eigenvalue weighted by atomic mass is 17.1. The number of ether oxygens (including phenoxy) is 1. The number of hydrogen-bond acceptors (Lipinski definition) is 17. The van der Waals surface area contributed by atoms with E-state index in [0.29, 0.717) is 24.6 Å². The van der Waals surface area contributed by atoms with Crippen LogP contribution in [0.2, 0.25) is 0 Å². The van der Waals surface area contributed by atoms with E-state index in [0.717, 1.165) is 123 Å². The topological polar surface area (TPSA) is 210 Å². The normalized spacial score (nSPS) is 40.6. The molecule has 2 aliphatic heterocycles. The fourth-order valence-corrected chi connectivity index (χ4v) is 9.16. The summed E-state index contributed by atoms with van der Waals surface area (Å²) in [4.78, 5) is 15.7. The van der Waals surface area contributed by atoms with Gasteiger partial charge in [-0.2, -0.15) is 20.5 Å². The molecule has 0 radical (unpaired) electrons. The number of morpholine rings is 1. The first-order chi connectivity index (χ1) is 25.1. The number of nitrogens with zero attached hydrogens (tertiary/aromatic N) is 5. The summed E-state index contributed by atoms with van der Waals surface area (Å²) in [6.07, 6.45) is 14.9. The molecule has 0 aromatic heterocycles. The van der Waals surface area contributed by atoms with Crippen LogP contribution in [-0.2, 0) is 19.4 Å². The third kappa shape index (κ3) is 12.6. The summed E-state index contributed by atoms with van der Waals surface area (Å²) in [5.74, 6) is 0.736. The molecule has 0 aromatic carbocycles. The van der Waals surface area contributed by atoms with Gasteiger partial charge in [-0.1, -0.05) is 6.42 Å². The van der Waals surface area contributed by atoms with Crippen molar-refractivity contribution in [2.45, 2.75) is 151 Å². The molecule has 8 N–H and O–H groups in total. The van der Waals surface area contributed by atoms with Crippen LogP contribution in [0.15, 0.2) is 20.5 Å². The molecule has 6 fully saturated rings. The van der Waals surface area contributed by atoms with Gasteiger partial charge in [0.15, 0.2) is 0 Å². The lowest BCUT2D eigenvalue weighted by Gasteiger charge is -2.47. The van der Waals surface area contributed by atoms with Gasteiger partial charge in [-0.15, -0.1) is 0 Å². The summed E-state index contributed by atoms with van der Waals surface area (Å²) in [5.41, 5.74) is 0. The molecule has 4 saturated carbocycles. The summed E-state index contributed by atoms with van der Waals surface area (Å²) in [7, 11) is 0. The Hall–Kier alpha value is -1.32. The van der Waals surface area contributed by atoms with Gasteiger partial charge in [0.25, 0.3) is 0 Å². The Labute approximate surface area is 302 Å². The van der Waals surface area contributed by atoms with E-state index in [9.17, 15) is 0 Å². The summed E-state index contributed by atoms with van der Waals surface area (Å²) >= 11 is 0. The van der Waals surface area contributed by atoms with Crippen LogP contribution in [0.3, 0.4) is 0 Å². The van der Waals surface area contributed by atoms with Crippen molar-refractivity contribution >= 4 is 0 Å². The molecular formula is C34H64N10O7. The highest BCUT2D eigenvalue weighted by molar-refractivity contribution is 4.90. The molecule has 4 aliphatic carbocycles. The minimum absolute atomic E-state index is 0.0200. The van der Waals surface area contributed by atoms with Gasteiger partial charge in [0.2, 0.25) is 0 Å². The lowest BCUT2D eigenvalue weighted by atomic mass is 9.79. The summed E-state index contributed by atoms with van der Waals surface area (Å²) in [6, 6.07) is 1.58. The molecule has 0 spiro atoms. The molecule has 17 nitrogen and oxygen atoms in total. The summed E-state index contributed by atoms with van der Waals surface area (Å²) in [5, 5.41) is 64.8. The average Bonchev–Trinajstić information content (AvgIpc) is 3.15. The van der Waals surface area contributed by atoms with E-state index in [1.165, 1.54) is 0 Å². The predicted octanol–water partition coefficient (Wildman–Crippen LogP) is 3.47. The van der Waals surface area contributed by atoms with E-state index in [1.54, 1.807) is 0 Å². The first kappa shape index (κ1) is 39.4. The third-order valence-electron chi connectivity index (χ3n) is 11.9. The second-order valence-electron chi connectivity index (χ2n) is 15.9. The van der Waals surface area contributed by atoms with Crippen LogP contribution in [0.1, 0.15) is 96.3 Å². The largest absolute Gasteiger partial charge is 0.379 e. The van der Waals surface area contributed by atoms with Gasteiger partial charge < -0.3 is 4.74 Å². The van der Waals surface area contributed by atoms with Crippen molar-refractivity contribution in [1.82, 2.24) is 31.5 Å². The van der Waals surface area contributed by atoms with E-state index in [-0.39, 0.29) is 68.1 Å². The Morgan fingerprint density at radius 2 is 1.04 bits per heavy atom. The van der Waals surface area contributed by atoms with Gasteiger partial charge in [0.1, 0.15) is 18.9 Å². The molecular weight excluding hydrogens is 660 g/mol. The maximum absolute atomic E-state index is 8.97. The molecule has 6 aliphatic rings. The van der Waals surface area contributed by atoms with Gasteiger partial charge in [0.05, 0.1) is 57.2 Å². The Kier molecular flexibility index (Phi) is 16.2. The van der Waals surface area contributed by atoms with Crippen LogP contribution in [0.5, 0.6) is 0 Å². The lowest BCUT2D eigenvalue weighted by Crippen LogP contribution is -2.79. The Morgan fingerprint density at radius 1 is 0.549 bits per heavy atom. The van der Waals surface area contributed by atoms with Crippen molar-refractivity contribution in [2.24, 2.45) is 38.2 Å². The van der Waals surface area contributed by atoms with Crippen LogP contribution in [0.25, 0.3) is 0 Å². The van der Waals surface area contributed by atoms with Crippen LogP contribution in [0, 0.1) is 17.8 Å². The molecule has 292 valence electrons. The zero-order valence-electron chi connectivity index (χ0n) is 30.2. The van der Waals surface area contributed by atoms with Crippen molar-refractivity contribution in [3.8, 4) is 0 Å². The van der Waals surface area contributed by atoms with Gasteiger partial charge >= 0.3 is 0 Å². The number of azo groups is 2. The highest BCUT2D eigenvalue weighted by Crippen LogP contribution is 2.33. The van der Waals surface area contributed by atoms with Crippen LogP contribution in [-0.4, -0.2) is 122 Å². The maximum atomic E-state index is 8.97. The second-order valence-corrected chi connectivity index (χ2v) is 15.9. The van der Waals surface area contributed by atoms with Crippen molar-refractivity contribution in [3.05, 3.63) is 0 Å². The minimum Gasteiger partial charge on any atom is -0.379 e.